The second-order valence-electron chi connectivity index (χ2n) is 3.41. The van der Waals surface area contributed by atoms with Crippen LogP contribution in [0.25, 0.3) is 0 Å². The fourth-order valence-corrected chi connectivity index (χ4v) is 2.06. The molecule has 0 aromatic carbocycles. The van der Waals surface area contributed by atoms with E-state index in [1.54, 1.807) is 5.57 Å². The van der Waals surface area contributed by atoms with Crippen LogP contribution in [0, 0.1) is 11.8 Å². The smallest absolute Gasteiger partial charge is 0.0534 e. The van der Waals surface area contributed by atoms with Crippen molar-refractivity contribution in [1.82, 2.24) is 0 Å². The van der Waals surface area contributed by atoms with Gasteiger partial charge in [-0.15, -0.1) is 0 Å². The van der Waals surface area contributed by atoms with Gasteiger partial charge in [-0.05, 0) is 25.7 Å². The van der Waals surface area contributed by atoms with Gasteiger partial charge in [-0.3, -0.25) is 0 Å². The van der Waals surface area contributed by atoms with Gasteiger partial charge in [0.05, 0.1) is 6.61 Å². The van der Waals surface area contributed by atoms with E-state index in [0.29, 0.717) is 0 Å². The molecule has 0 aromatic heterocycles. The molecule has 0 bridgehead atoms. The van der Waals surface area contributed by atoms with E-state index in [0.717, 1.165) is 25.0 Å². The van der Waals surface area contributed by atoms with Gasteiger partial charge in [-0.2, -0.15) is 0 Å². The summed E-state index contributed by atoms with van der Waals surface area (Å²) in [6.45, 7) is 4.20. The normalized spacial score (nSPS) is 39.1. The van der Waals surface area contributed by atoms with Crippen LogP contribution in [0.3, 0.4) is 0 Å². The summed E-state index contributed by atoms with van der Waals surface area (Å²) in [7, 11) is 0. The van der Waals surface area contributed by atoms with Crippen LogP contribution >= 0.6 is 0 Å². The molecule has 0 aromatic rings. The zero-order valence-electron chi connectivity index (χ0n) is 6.47. The van der Waals surface area contributed by atoms with Crippen LogP contribution < -0.4 is 0 Å². The van der Waals surface area contributed by atoms with Gasteiger partial charge in [0.15, 0.2) is 0 Å². The lowest BCUT2D eigenvalue weighted by Crippen LogP contribution is -2.24. The molecule has 1 fully saturated rings. The number of hydrogen-bond acceptors (Lipinski definition) is 1. The Balaban J connectivity index is 2.08. The molecule has 1 aliphatic heterocycles. The monoisotopic (exact) mass is 138 g/mol. The first-order valence-corrected chi connectivity index (χ1v) is 4.12. The fourth-order valence-electron chi connectivity index (χ4n) is 2.06. The van der Waals surface area contributed by atoms with Gasteiger partial charge in [0.2, 0.25) is 0 Å². The molecule has 0 amide bonds. The van der Waals surface area contributed by atoms with Crippen molar-refractivity contribution in [2.45, 2.75) is 19.8 Å². The van der Waals surface area contributed by atoms with E-state index in [1.165, 1.54) is 12.8 Å². The Labute approximate surface area is 62.1 Å². The molecule has 0 saturated carbocycles. The van der Waals surface area contributed by atoms with Crippen molar-refractivity contribution in [3.05, 3.63) is 11.6 Å². The number of rotatable bonds is 0. The first-order chi connectivity index (χ1) is 4.88. The van der Waals surface area contributed by atoms with Crippen LogP contribution in [-0.4, -0.2) is 13.2 Å². The molecule has 0 N–H and O–H groups in total. The number of fused-ring (bicyclic) bond motifs is 1. The molecule has 56 valence electrons. The Bertz CT molecular complexity index is 160. The Hall–Kier alpha value is -0.300. The fraction of sp³-hybridized carbons (Fsp3) is 0.778. The average molecular weight is 138 g/mol. The zero-order chi connectivity index (χ0) is 6.97. The van der Waals surface area contributed by atoms with E-state index in [9.17, 15) is 0 Å². The molecule has 0 radical (unpaired) electrons. The Morgan fingerprint density at radius 2 is 2.50 bits per heavy atom. The minimum atomic E-state index is 0.772. The van der Waals surface area contributed by atoms with Gasteiger partial charge >= 0.3 is 0 Å². The molecule has 2 unspecified atom stereocenters. The minimum Gasteiger partial charge on any atom is -0.381 e. The predicted octanol–water partition coefficient (Wildman–Crippen LogP) is 1.99. The van der Waals surface area contributed by atoms with E-state index < -0.39 is 0 Å². The van der Waals surface area contributed by atoms with Crippen molar-refractivity contribution in [1.29, 1.82) is 0 Å². The van der Waals surface area contributed by atoms with Crippen molar-refractivity contribution in [2.24, 2.45) is 11.8 Å². The largest absolute Gasteiger partial charge is 0.381 e. The van der Waals surface area contributed by atoms with Gasteiger partial charge in [0.1, 0.15) is 0 Å². The van der Waals surface area contributed by atoms with E-state index in [1.807, 2.05) is 0 Å². The minimum absolute atomic E-state index is 0.772. The van der Waals surface area contributed by atoms with Crippen molar-refractivity contribution >= 4 is 0 Å². The van der Waals surface area contributed by atoms with Crippen LogP contribution in [0.15, 0.2) is 11.6 Å². The van der Waals surface area contributed by atoms with Crippen LogP contribution in [0.4, 0.5) is 0 Å². The molecule has 1 aliphatic carbocycles. The highest BCUT2D eigenvalue weighted by Gasteiger charge is 2.29. The topological polar surface area (TPSA) is 9.23 Å². The van der Waals surface area contributed by atoms with Gasteiger partial charge in [0.25, 0.3) is 0 Å². The number of ether oxygens (including phenoxy) is 1. The van der Waals surface area contributed by atoms with Gasteiger partial charge < -0.3 is 4.74 Å². The molecule has 1 saturated heterocycles. The maximum atomic E-state index is 5.41. The van der Waals surface area contributed by atoms with Gasteiger partial charge in [0, 0.05) is 12.5 Å². The molecule has 1 heterocycles. The maximum Gasteiger partial charge on any atom is 0.0534 e. The molecule has 2 atom stereocenters. The molecule has 10 heavy (non-hydrogen) atoms. The summed E-state index contributed by atoms with van der Waals surface area (Å²) in [6, 6.07) is 0. The molecule has 0 spiro atoms. The molecule has 2 rings (SSSR count). The third-order valence-electron chi connectivity index (χ3n) is 2.83. The lowest BCUT2D eigenvalue weighted by Gasteiger charge is -2.26. The van der Waals surface area contributed by atoms with E-state index in [-0.39, 0.29) is 0 Å². The molecule has 1 heteroatoms. The zero-order valence-corrected chi connectivity index (χ0v) is 6.47. The highest BCUT2D eigenvalue weighted by molar-refractivity contribution is 5.13. The van der Waals surface area contributed by atoms with Crippen LogP contribution in [0.1, 0.15) is 19.8 Å². The van der Waals surface area contributed by atoms with Crippen LogP contribution in [0.5, 0.6) is 0 Å². The summed E-state index contributed by atoms with van der Waals surface area (Å²) in [5, 5.41) is 0. The molecular weight excluding hydrogens is 124 g/mol. The molecular formula is C9H14O. The van der Waals surface area contributed by atoms with Crippen molar-refractivity contribution < 1.29 is 4.74 Å². The van der Waals surface area contributed by atoms with Crippen molar-refractivity contribution in [3.63, 3.8) is 0 Å². The highest BCUT2D eigenvalue weighted by atomic mass is 16.5. The van der Waals surface area contributed by atoms with Gasteiger partial charge in [-0.1, -0.05) is 11.6 Å². The molecule has 1 nitrogen and oxygen atoms in total. The second kappa shape index (κ2) is 2.39. The second-order valence-corrected chi connectivity index (χ2v) is 3.41. The Morgan fingerprint density at radius 1 is 1.60 bits per heavy atom. The summed E-state index contributed by atoms with van der Waals surface area (Å²) < 4.78 is 5.41. The quantitative estimate of drug-likeness (QED) is 0.465. The van der Waals surface area contributed by atoms with E-state index >= 15 is 0 Å². The highest BCUT2D eigenvalue weighted by Crippen LogP contribution is 2.36. The lowest BCUT2D eigenvalue weighted by molar-refractivity contribution is 0.0380. The average Bonchev–Trinajstić information content (AvgIpc) is 2.34. The summed E-state index contributed by atoms with van der Waals surface area (Å²) in [4.78, 5) is 0. The van der Waals surface area contributed by atoms with Crippen LogP contribution in [0.2, 0.25) is 0 Å². The first-order valence-electron chi connectivity index (χ1n) is 4.12. The standard InChI is InChI=1S/C9H14O/c1-7-2-3-8-4-5-10-6-9(7)8/h2,8-9H,3-6H2,1H3. The Morgan fingerprint density at radius 3 is 3.30 bits per heavy atom. The number of allylic oxidation sites excluding steroid dienone is 1. The number of hydrogen-bond donors (Lipinski definition) is 0. The summed E-state index contributed by atoms with van der Waals surface area (Å²) in [5.74, 6) is 1.70. The predicted molar refractivity (Wildman–Crippen MR) is 40.8 cm³/mol. The maximum absolute atomic E-state index is 5.41. The van der Waals surface area contributed by atoms with Crippen molar-refractivity contribution in [3.8, 4) is 0 Å². The summed E-state index contributed by atoms with van der Waals surface area (Å²) in [6.07, 6.45) is 4.96. The third kappa shape index (κ3) is 0.891. The van der Waals surface area contributed by atoms with Gasteiger partial charge in [-0.25, -0.2) is 0 Å². The van der Waals surface area contributed by atoms with Crippen LogP contribution in [-0.2, 0) is 4.74 Å². The SMILES string of the molecule is CC1=CCC2CCOCC12. The Kier molecular flexibility index (Phi) is 1.53. The van der Waals surface area contributed by atoms with Crippen molar-refractivity contribution in [2.75, 3.05) is 13.2 Å². The third-order valence-corrected chi connectivity index (χ3v) is 2.83. The lowest BCUT2D eigenvalue weighted by atomic mass is 9.88. The molecule has 2 aliphatic rings. The summed E-state index contributed by atoms with van der Waals surface area (Å²) >= 11 is 0. The van der Waals surface area contributed by atoms with E-state index in [4.69, 9.17) is 4.74 Å². The first kappa shape index (κ1) is 6.41. The summed E-state index contributed by atoms with van der Waals surface area (Å²) in [5.41, 5.74) is 1.56. The van der Waals surface area contributed by atoms with E-state index in [2.05, 4.69) is 13.0 Å².